The summed E-state index contributed by atoms with van der Waals surface area (Å²) in [5.41, 5.74) is 1.56. The van der Waals surface area contributed by atoms with Gasteiger partial charge in [-0.3, -0.25) is 10.1 Å². The van der Waals surface area contributed by atoms with Crippen LogP contribution in [0.25, 0.3) is 5.69 Å². The summed E-state index contributed by atoms with van der Waals surface area (Å²) in [6.45, 7) is 3.99. The average Bonchev–Trinajstić information content (AvgIpc) is 2.94. The number of carboxylic acids is 1. The van der Waals surface area contributed by atoms with Crippen molar-refractivity contribution in [2.24, 2.45) is 0 Å². The molecule has 1 heterocycles. The first kappa shape index (κ1) is 14.3. The fourth-order valence-electron chi connectivity index (χ4n) is 1.92. The number of aromatic nitrogens is 2. The van der Waals surface area contributed by atoms with Crippen LogP contribution < -0.4 is 5.32 Å². The van der Waals surface area contributed by atoms with Crippen molar-refractivity contribution in [2.45, 2.75) is 32.4 Å². The monoisotopic (exact) mass is 273 g/mol. The molecule has 0 radical (unpaired) electrons. The Morgan fingerprint density at radius 3 is 2.70 bits per heavy atom. The lowest BCUT2D eigenvalue weighted by molar-refractivity contribution is -0.139. The molecule has 0 aliphatic rings. The molecular weight excluding hydrogens is 254 g/mol. The second-order valence-corrected chi connectivity index (χ2v) is 4.80. The summed E-state index contributed by atoms with van der Waals surface area (Å²) in [6, 6.07) is 9.02. The molecule has 5 heteroatoms. The van der Waals surface area contributed by atoms with Crippen LogP contribution >= 0.6 is 0 Å². The van der Waals surface area contributed by atoms with Crippen LogP contribution in [-0.4, -0.2) is 26.9 Å². The molecule has 2 N–H and O–H groups in total. The van der Waals surface area contributed by atoms with E-state index in [1.54, 1.807) is 17.1 Å². The number of nitrogens with zero attached hydrogens (tertiary/aromatic N) is 2. The number of nitrogens with one attached hydrogen (secondary N) is 1. The molecule has 5 nitrogen and oxygen atoms in total. The van der Waals surface area contributed by atoms with E-state index in [9.17, 15) is 9.90 Å². The highest BCUT2D eigenvalue weighted by Crippen LogP contribution is 2.16. The normalized spacial score (nSPS) is 13.9. The minimum absolute atomic E-state index is 0.135. The Hall–Kier alpha value is -2.14. The maximum Gasteiger partial charge on any atom is 0.325 e. The number of hydrogen-bond donors (Lipinski definition) is 2. The lowest BCUT2D eigenvalue weighted by atomic mass is 10.1. The predicted molar refractivity (Wildman–Crippen MR) is 76.8 cm³/mol. The maximum absolute atomic E-state index is 11.4. The molecule has 20 heavy (non-hydrogen) atoms. The second-order valence-electron chi connectivity index (χ2n) is 4.80. The zero-order chi connectivity index (χ0) is 14.5. The van der Waals surface area contributed by atoms with Gasteiger partial charge in [-0.1, -0.05) is 25.1 Å². The van der Waals surface area contributed by atoms with E-state index in [0.717, 1.165) is 12.1 Å². The zero-order valence-electron chi connectivity index (χ0n) is 11.7. The van der Waals surface area contributed by atoms with Gasteiger partial charge in [-0.2, -0.15) is 5.10 Å². The van der Waals surface area contributed by atoms with Gasteiger partial charge in [-0.15, -0.1) is 0 Å². The Morgan fingerprint density at radius 1 is 1.40 bits per heavy atom. The van der Waals surface area contributed by atoms with Gasteiger partial charge in [-0.25, -0.2) is 4.68 Å². The van der Waals surface area contributed by atoms with Crippen molar-refractivity contribution in [3.8, 4) is 5.69 Å². The molecule has 2 rings (SSSR count). The number of carboxylic acid groups (broad SMARTS) is 1. The van der Waals surface area contributed by atoms with Gasteiger partial charge in [0.15, 0.2) is 0 Å². The Labute approximate surface area is 118 Å². The highest BCUT2D eigenvalue weighted by atomic mass is 16.4. The molecule has 106 valence electrons. The van der Waals surface area contributed by atoms with Crippen LogP contribution in [-0.2, 0) is 4.79 Å². The highest BCUT2D eigenvalue weighted by molar-refractivity contribution is 5.75. The lowest BCUT2D eigenvalue weighted by Gasteiger charge is -2.17. The molecule has 0 bridgehead atoms. The van der Waals surface area contributed by atoms with Gasteiger partial charge in [0.1, 0.15) is 6.04 Å². The van der Waals surface area contributed by atoms with E-state index in [1.165, 1.54) is 0 Å². The first-order valence-electron chi connectivity index (χ1n) is 6.70. The molecule has 1 aromatic carbocycles. The molecule has 2 atom stereocenters. The third kappa shape index (κ3) is 3.24. The number of rotatable bonds is 6. The molecule has 0 saturated heterocycles. The summed E-state index contributed by atoms with van der Waals surface area (Å²) >= 11 is 0. The van der Waals surface area contributed by atoms with Crippen molar-refractivity contribution < 1.29 is 9.90 Å². The molecule has 0 fully saturated rings. The third-order valence-corrected chi connectivity index (χ3v) is 3.27. The van der Waals surface area contributed by atoms with Crippen LogP contribution in [0.15, 0.2) is 42.7 Å². The van der Waals surface area contributed by atoms with Crippen LogP contribution in [0.5, 0.6) is 0 Å². The van der Waals surface area contributed by atoms with E-state index in [-0.39, 0.29) is 6.04 Å². The van der Waals surface area contributed by atoms with E-state index in [2.05, 4.69) is 10.4 Å². The van der Waals surface area contributed by atoms with Gasteiger partial charge in [-0.05, 0) is 25.5 Å². The summed E-state index contributed by atoms with van der Waals surface area (Å²) in [7, 11) is 0. The Kier molecular flexibility index (Phi) is 4.53. The Balaban J connectivity index is 2.23. The average molecular weight is 273 g/mol. The summed E-state index contributed by atoms with van der Waals surface area (Å²) in [6.07, 6.45) is 4.22. The summed E-state index contributed by atoms with van der Waals surface area (Å²) < 4.78 is 1.68. The summed E-state index contributed by atoms with van der Waals surface area (Å²) in [4.78, 5) is 11.4. The van der Waals surface area contributed by atoms with Gasteiger partial charge in [0, 0.05) is 17.8 Å². The van der Waals surface area contributed by atoms with Crippen molar-refractivity contribution in [1.82, 2.24) is 15.1 Å². The van der Waals surface area contributed by atoms with E-state index < -0.39 is 12.0 Å². The Bertz CT molecular complexity index is 566. The minimum atomic E-state index is -0.891. The fraction of sp³-hybridized carbons (Fsp3) is 0.333. The molecule has 2 unspecified atom stereocenters. The van der Waals surface area contributed by atoms with E-state index >= 15 is 0 Å². The lowest BCUT2D eigenvalue weighted by Crippen LogP contribution is -2.34. The quantitative estimate of drug-likeness (QED) is 0.848. The number of benzene rings is 1. The van der Waals surface area contributed by atoms with E-state index in [0.29, 0.717) is 5.56 Å². The van der Waals surface area contributed by atoms with E-state index in [1.807, 2.05) is 44.2 Å². The SMILES string of the molecule is CCC(C)NC(C(=O)O)c1cnn(-c2ccccc2)c1. The van der Waals surface area contributed by atoms with Crippen molar-refractivity contribution >= 4 is 5.97 Å². The van der Waals surface area contributed by atoms with Crippen LogP contribution in [0.4, 0.5) is 0 Å². The van der Waals surface area contributed by atoms with Gasteiger partial charge in [0.2, 0.25) is 0 Å². The second kappa shape index (κ2) is 6.34. The Morgan fingerprint density at radius 2 is 2.10 bits per heavy atom. The van der Waals surface area contributed by atoms with Crippen LogP contribution in [0, 0.1) is 0 Å². The summed E-state index contributed by atoms with van der Waals surface area (Å²) in [5.74, 6) is -0.891. The zero-order valence-corrected chi connectivity index (χ0v) is 11.7. The topological polar surface area (TPSA) is 67.2 Å². The van der Waals surface area contributed by atoms with Crippen molar-refractivity contribution in [2.75, 3.05) is 0 Å². The van der Waals surface area contributed by atoms with Gasteiger partial charge in [0.25, 0.3) is 0 Å². The maximum atomic E-state index is 11.4. The van der Waals surface area contributed by atoms with Gasteiger partial charge in [0.05, 0.1) is 11.9 Å². The van der Waals surface area contributed by atoms with Crippen molar-refractivity contribution in [1.29, 1.82) is 0 Å². The number of hydrogen-bond acceptors (Lipinski definition) is 3. The summed E-state index contributed by atoms with van der Waals surface area (Å²) in [5, 5.41) is 16.7. The van der Waals surface area contributed by atoms with Crippen LogP contribution in [0.1, 0.15) is 31.9 Å². The predicted octanol–water partition coefficient (Wildman–Crippen LogP) is 2.39. The van der Waals surface area contributed by atoms with Crippen molar-refractivity contribution in [3.63, 3.8) is 0 Å². The molecule has 0 aliphatic carbocycles. The number of aliphatic carboxylic acids is 1. The van der Waals surface area contributed by atoms with Crippen LogP contribution in [0.2, 0.25) is 0 Å². The molecule has 0 saturated carbocycles. The fourth-order valence-corrected chi connectivity index (χ4v) is 1.92. The van der Waals surface area contributed by atoms with Crippen LogP contribution in [0.3, 0.4) is 0 Å². The smallest absolute Gasteiger partial charge is 0.325 e. The van der Waals surface area contributed by atoms with Crippen molar-refractivity contribution in [3.05, 3.63) is 48.3 Å². The molecule has 0 amide bonds. The highest BCUT2D eigenvalue weighted by Gasteiger charge is 2.22. The first-order chi connectivity index (χ1) is 9.61. The number of carbonyl (C=O) groups is 1. The standard InChI is InChI=1S/C15H19N3O2/c1-3-11(2)17-14(15(19)20)12-9-16-18(10-12)13-7-5-4-6-8-13/h4-11,14,17H,3H2,1-2H3,(H,19,20). The largest absolute Gasteiger partial charge is 0.480 e. The molecular formula is C15H19N3O2. The molecule has 0 aliphatic heterocycles. The first-order valence-corrected chi connectivity index (χ1v) is 6.70. The molecule has 2 aromatic rings. The minimum Gasteiger partial charge on any atom is -0.480 e. The molecule has 1 aromatic heterocycles. The number of para-hydroxylation sites is 1. The van der Waals surface area contributed by atoms with E-state index in [4.69, 9.17) is 0 Å². The molecule has 0 spiro atoms. The van der Waals surface area contributed by atoms with Gasteiger partial charge < -0.3 is 5.11 Å². The van der Waals surface area contributed by atoms with Gasteiger partial charge >= 0.3 is 5.97 Å². The third-order valence-electron chi connectivity index (χ3n) is 3.27.